The van der Waals surface area contributed by atoms with Crippen LogP contribution in [0.5, 0.6) is 0 Å². The van der Waals surface area contributed by atoms with Crippen LogP contribution in [0.15, 0.2) is 23.1 Å². The number of halogens is 1. The van der Waals surface area contributed by atoms with Gasteiger partial charge < -0.3 is 5.32 Å². The number of benzene rings is 1. The molecule has 0 saturated carbocycles. The van der Waals surface area contributed by atoms with E-state index in [0.717, 1.165) is 12.8 Å². The molecule has 1 aliphatic heterocycles. The first-order chi connectivity index (χ1) is 9.46. The van der Waals surface area contributed by atoms with Crippen LogP contribution in [-0.4, -0.2) is 38.3 Å². The highest BCUT2D eigenvalue weighted by Crippen LogP contribution is 2.25. The molecule has 0 aliphatic carbocycles. The average molecular weight is 317 g/mol. The van der Waals surface area contributed by atoms with Crippen LogP contribution in [0.2, 0.25) is 5.02 Å². The van der Waals surface area contributed by atoms with Gasteiger partial charge in [0.2, 0.25) is 10.0 Å². The molecule has 0 bridgehead atoms. The number of amides is 1. The fraction of sp³-hybridized carbons (Fsp3) is 0.462. The van der Waals surface area contributed by atoms with Crippen LogP contribution in [0.1, 0.15) is 30.1 Å². The molecule has 0 unspecified atom stereocenters. The van der Waals surface area contributed by atoms with E-state index in [4.69, 9.17) is 11.6 Å². The molecule has 110 valence electrons. The van der Waals surface area contributed by atoms with Gasteiger partial charge in [-0.3, -0.25) is 4.79 Å². The number of sulfonamides is 1. The predicted octanol–water partition coefficient (Wildman–Crippen LogP) is 1.87. The van der Waals surface area contributed by atoms with E-state index in [1.165, 1.54) is 22.5 Å². The summed E-state index contributed by atoms with van der Waals surface area (Å²) < 4.78 is 26.3. The maximum atomic E-state index is 12.4. The minimum absolute atomic E-state index is 0.116. The third kappa shape index (κ3) is 2.97. The number of nitrogens with one attached hydrogen (secondary N) is 1. The Morgan fingerprint density at radius 1 is 1.35 bits per heavy atom. The van der Waals surface area contributed by atoms with Crippen molar-refractivity contribution in [3.8, 4) is 0 Å². The summed E-state index contributed by atoms with van der Waals surface area (Å²) >= 11 is 5.97. The van der Waals surface area contributed by atoms with E-state index in [1.54, 1.807) is 6.92 Å². The summed E-state index contributed by atoms with van der Waals surface area (Å²) in [6, 6.07) is 4.24. The Bertz CT molecular complexity index is 610. The molecule has 1 aliphatic rings. The number of hydrogen-bond acceptors (Lipinski definition) is 3. The first-order valence-corrected chi connectivity index (χ1v) is 8.36. The summed E-state index contributed by atoms with van der Waals surface area (Å²) in [6.45, 7) is 3.30. The van der Waals surface area contributed by atoms with Gasteiger partial charge in [-0.2, -0.15) is 4.31 Å². The van der Waals surface area contributed by atoms with E-state index in [9.17, 15) is 13.2 Å². The van der Waals surface area contributed by atoms with Crippen molar-refractivity contribution in [3.05, 3.63) is 28.8 Å². The second-order valence-electron chi connectivity index (χ2n) is 4.61. The SMILES string of the molecule is CCNC(=O)c1cc(S(=O)(=O)N2CCCC2)ccc1Cl. The van der Waals surface area contributed by atoms with Crippen LogP contribution >= 0.6 is 11.6 Å². The van der Waals surface area contributed by atoms with Gasteiger partial charge in [-0.25, -0.2) is 8.42 Å². The Kier molecular flexibility index (Phi) is 4.67. The van der Waals surface area contributed by atoms with Gasteiger partial charge >= 0.3 is 0 Å². The van der Waals surface area contributed by atoms with E-state index >= 15 is 0 Å². The summed E-state index contributed by atoms with van der Waals surface area (Å²) in [4.78, 5) is 12.0. The summed E-state index contributed by atoms with van der Waals surface area (Å²) in [5.74, 6) is -0.365. The monoisotopic (exact) mass is 316 g/mol. The predicted molar refractivity (Wildman–Crippen MR) is 77.5 cm³/mol. The lowest BCUT2D eigenvalue weighted by molar-refractivity contribution is 0.0956. The summed E-state index contributed by atoms with van der Waals surface area (Å²) in [5.41, 5.74) is 0.189. The van der Waals surface area contributed by atoms with Crippen molar-refractivity contribution in [3.63, 3.8) is 0 Å². The van der Waals surface area contributed by atoms with Gasteiger partial charge in [0, 0.05) is 19.6 Å². The quantitative estimate of drug-likeness (QED) is 0.922. The Morgan fingerprint density at radius 3 is 2.60 bits per heavy atom. The van der Waals surface area contributed by atoms with Crippen molar-refractivity contribution in [2.75, 3.05) is 19.6 Å². The van der Waals surface area contributed by atoms with Crippen molar-refractivity contribution in [1.82, 2.24) is 9.62 Å². The molecule has 0 spiro atoms. The molecule has 1 heterocycles. The minimum Gasteiger partial charge on any atom is -0.352 e. The van der Waals surface area contributed by atoms with Crippen molar-refractivity contribution in [1.29, 1.82) is 0 Å². The normalized spacial score (nSPS) is 16.3. The molecule has 2 rings (SSSR count). The fourth-order valence-corrected chi connectivity index (χ4v) is 3.92. The molecule has 0 aromatic heterocycles. The largest absolute Gasteiger partial charge is 0.352 e. The lowest BCUT2D eigenvalue weighted by Crippen LogP contribution is -2.28. The van der Waals surface area contributed by atoms with Gasteiger partial charge in [0.1, 0.15) is 0 Å². The number of carbonyl (C=O) groups is 1. The first kappa shape index (κ1) is 15.3. The molecule has 0 radical (unpaired) electrons. The van der Waals surface area contributed by atoms with E-state index in [2.05, 4.69) is 5.32 Å². The number of rotatable bonds is 4. The van der Waals surface area contributed by atoms with E-state index < -0.39 is 10.0 Å². The van der Waals surface area contributed by atoms with Crippen molar-refractivity contribution >= 4 is 27.5 Å². The smallest absolute Gasteiger partial charge is 0.252 e. The molecule has 1 N–H and O–H groups in total. The van der Waals surface area contributed by atoms with Gasteiger partial charge in [0.05, 0.1) is 15.5 Å². The van der Waals surface area contributed by atoms with Gasteiger partial charge in [-0.05, 0) is 38.0 Å². The Morgan fingerprint density at radius 2 is 2.00 bits per heavy atom. The fourth-order valence-electron chi connectivity index (χ4n) is 2.17. The van der Waals surface area contributed by atoms with Gasteiger partial charge in [0.15, 0.2) is 0 Å². The number of hydrogen-bond donors (Lipinski definition) is 1. The van der Waals surface area contributed by atoms with Gasteiger partial charge in [-0.15, -0.1) is 0 Å². The molecular weight excluding hydrogens is 300 g/mol. The third-order valence-electron chi connectivity index (χ3n) is 3.22. The lowest BCUT2D eigenvalue weighted by atomic mass is 10.2. The van der Waals surface area contributed by atoms with Crippen LogP contribution < -0.4 is 5.32 Å². The number of nitrogens with zero attached hydrogens (tertiary/aromatic N) is 1. The van der Waals surface area contributed by atoms with Crippen molar-refractivity contribution in [2.45, 2.75) is 24.7 Å². The molecule has 1 aromatic carbocycles. The van der Waals surface area contributed by atoms with E-state index in [-0.39, 0.29) is 21.4 Å². The van der Waals surface area contributed by atoms with Gasteiger partial charge in [-0.1, -0.05) is 11.6 Å². The summed E-state index contributed by atoms with van der Waals surface area (Å²) in [5, 5.41) is 2.87. The van der Waals surface area contributed by atoms with Crippen molar-refractivity contribution < 1.29 is 13.2 Å². The Hall–Kier alpha value is -1.11. The average Bonchev–Trinajstić information content (AvgIpc) is 2.93. The molecule has 1 aromatic rings. The van der Waals surface area contributed by atoms with Crippen LogP contribution in [0.25, 0.3) is 0 Å². The summed E-state index contributed by atoms with van der Waals surface area (Å²) in [6.07, 6.45) is 1.74. The number of carbonyl (C=O) groups excluding carboxylic acids is 1. The van der Waals surface area contributed by atoms with Crippen LogP contribution in [0, 0.1) is 0 Å². The first-order valence-electron chi connectivity index (χ1n) is 6.54. The second kappa shape index (κ2) is 6.11. The van der Waals surface area contributed by atoms with E-state index in [1.807, 2.05) is 0 Å². The lowest BCUT2D eigenvalue weighted by Gasteiger charge is -2.16. The molecule has 7 heteroatoms. The minimum atomic E-state index is -3.53. The van der Waals surface area contributed by atoms with Crippen molar-refractivity contribution in [2.24, 2.45) is 0 Å². The molecule has 1 amide bonds. The molecular formula is C13H17ClN2O3S. The van der Waals surface area contributed by atoms with Crippen LogP contribution in [-0.2, 0) is 10.0 Å². The molecule has 0 atom stereocenters. The zero-order valence-corrected chi connectivity index (χ0v) is 12.8. The topological polar surface area (TPSA) is 66.5 Å². The standard InChI is InChI=1S/C13H17ClN2O3S/c1-2-15-13(17)11-9-10(5-6-12(11)14)20(18,19)16-7-3-4-8-16/h5-6,9H,2-4,7-8H2,1H3,(H,15,17). The zero-order chi connectivity index (χ0) is 14.8. The van der Waals surface area contributed by atoms with Crippen LogP contribution in [0.3, 0.4) is 0 Å². The molecule has 20 heavy (non-hydrogen) atoms. The molecule has 5 nitrogen and oxygen atoms in total. The summed E-state index contributed by atoms with van der Waals surface area (Å²) in [7, 11) is -3.53. The highest BCUT2D eigenvalue weighted by molar-refractivity contribution is 7.89. The zero-order valence-electron chi connectivity index (χ0n) is 11.2. The molecule has 1 saturated heterocycles. The maximum Gasteiger partial charge on any atom is 0.252 e. The maximum absolute atomic E-state index is 12.4. The van der Waals surface area contributed by atoms with E-state index in [0.29, 0.717) is 19.6 Å². The highest BCUT2D eigenvalue weighted by Gasteiger charge is 2.28. The highest BCUT2D eigenvalue weighted by atomic mass is 35.5. The Balaban J connectivity index is 2.38. The molecule has 1 fully saturated rings. The third-order valence-corrected chi connectivity index (χ3v) is 5.45. The Labute approximate surface area is 124 Å². The van der Waals surface area contributed by atoms with Gasteiger partial charge in [0.25, 0.3) is 5.91 Å². The second-order valence-corrected chi connectivity index (χ2v) is 6.96. The van der Waals surface area contributed by atoms with Crippen LogP contribution in [0.4, 0.5) is 0 Å².